The Labute approximate surface area is 125 Å². The summed E-state index contributed by atoms with van der Waals surface area (Å²) in [4.78, 5) is 41.4. The molecule has 1 N–H and O–H groups in total. The molecule has 3 rings (SSSR count). The molecule has 0 saturated carbocycles. The van der Waals surface area contributed by atoms with Gasteiger partial charge < -0.3 is 10.0 Å². The first-order valence-corrected chi connectivity index (χ1v) is 6.97. The Kier molecular flexibility index (Phi) is 3.40. The lowest BCUT2D eigenvalue weighted by Gasteiger charge is -2.15. The quantitative estimate of drug-likeness (QED) is 0.874. The number of carbonyl (C=O) groups is 2. The van der Waals surface area contributed by atoms with Gasteiger partial charge in [-0.2, -0.15) is 0 Å². The molecule has 3 heterocycles. The van der Waals surface area contributed by atoms with Crippen LogP contribution in [0.25, 0.3) is 5.65 Å². The summed E-state index contributed by atoms with van der Waals surface area (Å²) in [5.74, 6) is -1.95. The third-order valence-electron chi connectivity index (χ3n) is 3.91. The van der Waals surface area contributed by atoms with Crippen LogP contribution in [0.1, 0.15) is 22.3 Å². The number of aryl methyl sites for hydroxylation is 1. The van der Waals surface area contributed by atoms with E-state index in [-0.39, 0.29) is 12.1 Å². The fourth-order valence-electron chi connectivity index (χ4n) is 2.65. The van der Waals surface area contributed by atoms with Crippen molar-refractivity contribution in [3.8, 4) is 0 Å². The molecule has 0 spiro atoms. The predicted molar refractivity (Wildman–Crippen MR) is 77.8 cm³/mol. The molecule has 0 bridgehead atoms. The summed E-state index contributed by atoms with van der Waals surface area (Å²) in [5, 5.41) is 8.99. The van der Waals surface area contributed by atoms with Gasteiger partial charge in [0.15, 0.2) is 0 Å². The average Bonchev–Trinajstić information content (AvgIpc) is 2.98. The lowest BCUT2D eigenvalue weighted by molar-refractivity contribution is -0.141. The lowest BCUT2D eigenvalue weighted by Crippen LogP contribution is -2.35. The molecule has 114 valence electrons. The molecule has 0 unspecified atom stereocenters. The Bertz CT molecular complexity index is 827. The third kappa shape index (κ3) is 2.34. The van der Waals surface area contributed by atoms with Crippen LogP contribution in [0.15, 0.2) is 29.3 Å². The van der Waals surface area contributed by atoms with Crippen LogP contribution in [0.2, 0.25) is 0 Å². The molecule has 7 heteroatoms. The smallest absolute Gasteiger partial charge is 0.308 e. The summed E-state index contributed by atoms with van der Waals surface area (Å²) in [5.41, 5.74) is 0.886. The van der Waals surface area contributed by atoms with Gasteiger partial charge in [-0.15, -0.1) is 0 Å². The van der Waals surface area contributed by atoms with Crippen molar-refractivity contribution in [1.29, 1.82) is 0 Å². The van der Waals surface area contributed by atoms with Crippen LogP contribution in [0.4, 0.5) is 0 Å². The molecule has 1 saturated heterocycles. The number of nitrogens with zero attached hydrogens (tertiary/aromatic N) is 3. The first kappa shape index (κ1) is 14.2. The highest BCUT2D eigenvalue weighted by Crippen LogP contribution is 2.18. The number of carbonyl (C=O) groups excluding carboxylic acids is 1. The minimum Gasteiger partial charge on any atom is -0.481 e. The second-order valence-corrected chi connectivity index (χ2v) is 5.49. The molecular weight excluding hydrogens is 286 g/mol. The first-order chi connectivity index (χ1) is 10.5. The van der Waals surface area contributed by atoms with E-state index >= 15 is 0 Å². The highest BCUT2D eigenvalue weighted by molar-refractivity contribution is 5.94. The Balaban J connectivity index is 1.97. The molecular formula is C15H15N3O4. The number of carboxylic acids is 1. The number of aliphatic carboxylic acids is 1. The number of aromatic nitrogens is 2. The van der Waals surface area contributed by atoms with Crippen molar-refractivity contribution in [3.05, 3.63) is 46.0 Å². The van der Waals surface area contributed by atoms with Crippen LogP contribution in [0.5, 0.6) is 0 Å². The van der Waals surface area contributed by atoms with Gasteiger partial charge in [0.25, 0.3) is 11.5 Å². The summed E-state index contributed by atoms with van der Waals surface area (Å²) in [6.07, 6.45) is 3.30. The highest BCUT2D eigenvalue weighted by Gasteiger charge is 2.32. The molecule has 1 atom stereocenters. The maximum Gasteiger partial charge on any atom is 0.308 e. The van der Waals surface area contributed by atoms with Gasteiger partial charge in [-0.05, 0) is 25.0 Å². The van der Waals surface area contributed by atoms with Crippen LogP contribution < -0.4 is 5.56 Å². The lowest BCUT2D eigenvalue weighted by atomic mass is 10.1. The van der Waals surface area contributed by atoms with E-state index in [1.165, 1.54) is 15.5 Å². The largest absolute Gasteiger partial charge is 0.481 e. The van der Waals surface area contributed by atoms with Crippen molar-refractivity contribution in [2.45, 2.75) is 13.3 Å². The minimum atomic E-state index is -0.917. The first-order valence-electron chi connectivity index (χ1n) is 6.97. The molecule has 7 nitrogen and oxygen atoms in total. The van der Waals surface area contributed by atoms with Crippen LogP contribution in [0, 0.1) is 12.8 Å². The summed E-state index contributed by atoms with van der Waals surface area (Å²) < 4.78 is 1.34. The molecule has 1 aliphatic heterocycles. The summed E-state index contributed by atoms with van der Waals surface area (Å²) in [6, 6.07) is 3.54. The molecule has 0 aliphatic carbocycles. The van der Waals surface area contributed by atoms with E-state index in [0.717, 1.165) is 5.56 Å². The molecule has 22 heavy (non-hydrogen) atoms. The van der Waals surface area contributed by atoms with Gasteiger partial charge in [-0.3, -0.25) is 18.8 Å². The maximum atomic E-state index is 12.5. The molecule has 0 aromatic carbocycles. The summed E-state index contributed by atoms with van der Waals surface area (Å²) in [6.45, 7) is 2.31. The Morgan fingerprint density at radius 1 is 1.36 bits per heavy atom. The zero-order valence-corrected chi connectivity index (χ0v) is 12.0. The number of hydrogen-bond donors (Lipinski definition) is 1. The van der Waals surface area contributed by atoms with Gasteiger partial charge in [-0.1, -0.05) is 6.07 Å². The van der Waals surface area contributed by atoms with Crippen molar-refractivity contribution in [1.82, 2.24) is 14.3 Å². The van der Waals surface area contributed by atoms with E-state index in [1.54, 1.807) is 12.3 Å². The monoisotopic (exact) mass is 301 g/mol. The number of carboxylic acid groups (broad SMARTS) is 1. The predicted octanol–water partition coefficient (Wildman–Crippen LogP) is 0.550. The zero-order chi connectivity index (χ0) is 15.9. The van der Waals surface area contributed by atoms with Crippen molar-refractivity contribution >= 4 is 17.5 Å². The second kappa shape index (κ2) is 5.25. The Hall–Kier alpha value is -2.70. The number of pyridine rings is 1. The van der Waals surface area contributed by atoms with Crippen molar-refractivity contribution in [2.75, 3.05) is 13.1 Å². The summed E-state index contributed by atoms with van der Waals surface area (Å²) in [7, 11) is 0. The van der Waals surface area contributed by atoms with Crippen molar-refractivity contribution < 1.29 is 14.7 Å². The van der Waals surface area contributed by atoms with Crippen molar-refractivity contribution in [3.63, 3.8) is 0 Å². The van der Waals surface area contributed by atoms with Gasteiger partial charge in [-0.25, -0.2) is 4.98 Å². The SMILES string of the molecule is Cc1ccc2ncc(C(=O)N3CC[C@@H](C(=O)O)C3)c(=O)n2c1. The Morgan fingerprint density at radius 3 is 2.82 bits per heavy atom. The number of rotatable bonds is 2. The van der Waals surface area contributed by atoms with Crippen LogP contribution in [0.3, 0.4) is 0 Å². The third-order valence-corrected chi connectivity index (χ3v) is 3.91. The van der Waals surface area contributed by atoms with Gasteiger partial charge in [0.05, 0.1) is 5.92 Å². The highest BCUT2D eigenvalue weighted by atomic mass is 16.4. The number of likely N-dealkylation sites (tertiary alicyclic amines) is 1. The van der Waals surface area contributed by atoms with E-state index < -0.39 is 23.4 Å². The van der Waals surface area contributed by atoms with Crippen LogP contribution >= 0.6 is 0 Å². The Morgan fingerprint density at radius 2 is 2.14 bits per heavy atom. The van der Waals surface area contributed by atoms with E-state index in [9.17, 15) is 14.4 Å². The molecule has 1 fully saturated rings. The standard InChI is InChI=1S/C15H15N3O4/c1-9-2-3-12-16-6-11(14(20)18(12)7-9)13(19)17-5-4-10(8-17)15(21)22/h2-3,6-7,10H,4-5,8H2,1H3,(H,21,22)/t10-/m1/s1. The van der Waals surface area contributed by atoms with Crippen molar-refractivity contribution in [2.24, 2.45) is 5.92 Å². The van der Waals surface area contributed by atoms with Gasteiger partial charge in [0, 0.05) is 25.5 Å². The fourth-order valence-corrected chi connectivity index (χ4v) is 2.65. The van der Waals surface area contributed by atoms with Gasteiger partial charge >= 0.3 is 5.97 Å². The molecule has 0 radical (unpaired) electrons. The normalized spacial score (nSPS) is 17.9. The number of amides is 1. The van der Waals surface area contributed by atoms with E-state index in [1.807, 2.05) is 13.0 Å². The van der Waals surface area contributed by atoms with Crippen LogP contribution in [-0.2, 0) is 4.79 Å². The fraction of sp³-hybridized carbons (Fsp3) is 0.333. The molecule has 1 aliphatic rings. The van der Waals surface area contributed by atoms with Gasteiger partial charge in [0.2, 0.25) is 0 Å². The van der Waals surface area contributed by atoms with E-state index in [2.05, 4.69) is 4.98 Å². The number of hydrogen-bond acceptors (Lipinski definition) is 4. The average molecular weight is 301 g/mol. The topological polar surface area (TPSA) is 92.0 Å². The molecule has 2 aromatic heterocycles. The molecule has 2 aromatic rings. The second-order valence-electron chi connectivity index (χ2n) is 5.49. The number of fused-ring (bicyclic) bond motifs is 1. The molecule has 1 amide bonds. The van der Waals surface area contributed by atoms with E-state index in [4.69, 9.17) is 5.11 Å². The minimum absolute atomic E-state index is 0.0332. The van der Waals surface area contributed by atoms with Crippen LogP contribution in [-0.4, -0.2) is 44.4 Å². The maximum absolute atomic E-state index is 12.5. The van der Waals surface area contributed by atoms with E-state index in [0.29, 0.717) is 18.6 Å². The summed E-state index contributed by atoms with van der Waals surface area (Å²) >= 11 is 0. The zero-order valence-electron chi connectivity index (χ0n) is 12.0. The van der Waals surface area contributed by atoms with Gasteiger partial charge in [0.1, 0.15) is 11.2 Å².